The van der Waals surface area contributed by atoms with Gasteiger partial charge >= 0.3 is 0 Å². The molecule has 0 saturated carbocycles. The summed E-state index contributed by atoms with van der Waals surface area (Å²) in [6.07, 6.45) is -0.642. The third-order valence-corrected chi connectivity index (χ3v) is 8.16. The van der Waals surface area contributed by atoms with Gasteiger partial charge in [0, 0.05) is 5.02 Å². The van der Waals surface area contributed by atoms with Crippen molar-refractivity contribution in [2.24, 2.45) is 0 Å². The first kappa shape index (κ1) is 30.0. The number of carbonyl (C=O) groups is 1. The smallest absolute Gasteiger partial charge is 0.241 e. The van der Waals surface area contributed by atoms with Crippen LogP contribution in [0.4, 0.5) is 0 Å². The third-order valence-electron chi connectivity index (χ3n) is 6.46. The Morgan fingerprint density at radius 1 is 0.878 bits per heavy atom. The van der Waals surface area contributed by atoms with E-state index >= 15 is 0 Å². The van der Waals surface area contributed by atoms with Crippen molar-refractivity contribution >= 4 is 27.5 Å². The number of hydrogen-bond acceptors (Lipinski definition) is 5. The van der Waals surface area contributed by atoms with Crippen LogP contribution in [-0.2, 0) is 32.6 Å². The predicted molar refractivity (Wildman–Crippen MR) is 159 cm³/mol. The van der Waals surface area contributed by atoms with Gasteiger partial charge in [-0.2, -0.15) is 9.98 Å². The lowest BCUT2D eigenvalue weighted by atomic mass is 10.1. The van der Waals surface area contributed by atoms with Gasteiger partial charge in [0.2, 0.25) is 15.9 Å². The number of ether oxygens (including phenoxy) is 1. The Balaban J connectivity index is 1.54. The van der Waals surface area contributed by atoms with E-state index in [1.165, 1.54) is 6.07 Å². The molecule has 1 amide bonds. The summed E-state index contributed by atoms with van der Waals surface area (Å²) in [5.41, 5.74) is 3.16. The fraction of sp³-hybridized carbons (Fsp3) is 0.188. The van der Waals surface area contributed by atoms with Gasteiger partial charge in [0.15, 0.2) is 0 Å². The normalized spacial score (nSPS) is 13.5. The SMILES string of the molecule is C[C@@H](OCc1ccccc1)[C@@H](C#N)NC(=O)[C@H](Cc1cccc(Cl)c1)NS(=O)(=O)c1cccc(-c2ccccc2)c1. The van der Waals surface area contributed by atoms with E-state index in [4.69, 9.17) is 16.3 Å². The maximum Gasteiger partial charge on any atom is 0.241 e. The van der Waals surface area contributed by atoms with Gasteiger partial charge in [-0.1, -0.05) is 96.5 Å². The number of amides is 1. The lowest BCUT2D eigenvalue weighted by Gasteiger charge is -2.24. The number of benzene rings is 4. The number of nitrogens with one attached hydrogen (secondary N) is 2. The standard InChI is InChI=1S/C32H30ClN3O4S/c1-23(40-22-24-10-4-2-5-11-24)31(21-34)35-32(37)30(19-25-12-8-16-28(33)18-25)36-41(38,39)29-17-9-15-27(20-29)26-13-6-3-7-14-26/h2-18,20,23,30-31,36H,19,22H2,1H3,(H,35,37)/t23-,30+,31-/m1/s1. The van der Waals surface area contributed by atoms with Crippen molar-refractivity contribution in [1.82, 2.24) is 10.0 Å². The monoisotopic (exact) mass is 587 g/mol. The Labute approximate surface area is 245 Å². The molecule has 3 atom stereocenters. The summed E-state index contributed by atoms with van der Waals surface area (Å²) in [5, 5.41) is 12.9. The number of hydrogen-bond donors (Lipinski definition) is 2. The lowest BCUT2D eigenvalue weighted by Crippen LogP contribution is -2.52. The topological polar surface area (TPSA) is 108 Å². The minimum Gasteiger partial charge on any atom is -0.371 e. The molecule has 210 valence electrons. The molecule has 0 aliphatic rings. The molecule has 0 aliphatic carbocycles. The van der Waals surface area contributed by atoms with Crippen LogP contribution >= 0.6 is 11.6 Å². The molecule has 0 aliphatic heterocycles. The van der Waals surface area contributed by atoms with Gasteiger partial charge < -0.3 is 10.1 Å². The van der Waals surface area contributed by atoms with Crippen molar-refractivity contribution in [3.8, 4) is 17.2 Å². The highest BCUT2D eigenvalue weighted by atomic mass is 35.5. The molecule has 9 heteroatoms. The van der Waals surface area contributed by atoms with Crippen LogP contribution in [0, 0.1) is 11.3 Å². The molecular formula is C32H30ClN3O4S. The Morgan fingerprint density at radius 3 is 2.20 bits per heavy atom. The van der Waals surface area contributed by atoms with Crippen LogP contribution in [0.5, 0.6) is 0 Å². The van der Waals surface area contributed by atoms with E-state index in [0.717, 1.165) is 16.7 Å². The zero-order valence-electron chi connectivity index (χ0n) is 22.4. The van der Waals surface area contributed by atoms with Gasteiger partial charge in [-0.15, -0.1) is 0 Å². The number of nitriles is 1. The number of rotatable bonds is 12. The summed E-state index contributed by atoms with van der Waals surface area (Å²) in [4.78, 5) is 13.5. The largest absolute Gasteiger partial charge is 0.371 e. The van der Waals surface area contributed by atoms with E-state index in [2.05, 4.69) is 16.1 Å². The van der Waals surface area contributed by atoms with Gasteiger partial charge in [-0.3, -0.25) is 4.79 Å². The average Bonchev–Trinajstić information content (AvgIpc) is 2.99. The van der Waals surface area contributed by atoms with Crippen LogP contribution in [0.15, 0.2) is 114 Å². The van der Waals surface area contributed by atoms with E-state index in [1.54, 1.807) is 43.3 Å². The van der Waals surface area contributed by atoms with Crippen LogP contribution in [0.3, 0.4) is 0 Å². The maximum atomic E-state index is 13.5. The Kier molecular flexibility index (Phi) is 10.3. The molecule has 0 unspecified atom stereocenters. The van der Waals surface area contributed by atoms with Crippen molar-refractivity contribution in [1.29, 1.82) is 5.26 Å². The summed E-state index contributed by atoms with van der Waals surface area (Å²) in [7, 11) is -4.13. The Hall–Kier alpha value is -4.00. The quantitative estimate of drug-likeness (QED) is 0.227. The number of carbonyl (C=O) groups excluding carboxylic acids is 1. The predicted octanol–water partition coefficient (Wildman–Crippen LogP) is 5.51. The average molecular weight is 588 g/mol. The van der Waals surface area contributed by atoms with Crippen molar-refractivity contribution < 1.29 is 17.9 Å². The number of halogens is 1. The van der Waals surface area contributed by atoms with Gasteiger partial charge in [0.25, 0.3) is 0 Å². The van der Waals surface area contributed by atoms with Gasteiger partial charge in [0.05, 0.1) is 23.7 Å². The number of nitrogens with zero attached hydrogens (tertiary/aromatic N) is 1. The molecule has 7 nitrogen and oxygen atoms in total. The van der Waals surface area contributed by atoms with Gasteiger partial charge in [-0.05, 0) is 59.9 Å². The van der Waals surface area contributed by atoms with Crippen LogP contribution in [0.2, 0.25) is 5.02 Å². The molecule has 0 fully saturated rings. The highest BCUT2D eigenvalue weighted by Gasteiger charge is 2.29. The summed E-state index contributed by atoms with van der Waals surface area (Å²) in [6.45, 7) is 1.94. The van der Waals surface area contributed by atoms with Crippen molar-refractivity contribution in [3.05, 3.63) is 125 Å². The highest BCUT2D eigenvalue weighted by molar-refractivity contribution is 7.89. The first-order valence-electron chi connectivity index (χ1n) is 13.0. The molecule has 4 aromatic rings. The summed E-state index contributed by atoms with van der Waals surface area (Å²) < 4.78 is 35.4. The molecule has 0 bridgehead atoms. The second-order valence-electron chi connectivity index (χ2n) is 9.52. The molecule has 4 aromatic carbocycles. The zero-order valence-corrected chi connectivity index (χ0v) is 24.0. The molecule has 0 radical (unpaired) electrons. The minimum atomic E-state index is -4.13. The summed E-state index contributed by atoms with van der Waals surface area (Å²) in [6, 6.07) is 32.0. The fourth-order valence-electron chi connectivity index (χ4n) is 4.22. The van der Waals surface area contributed by atoms with Crippen molar-refractivity contribution in [3.63, 3.8) is 0 Å². The summed E-state index contributed by atoms with van der Waals surface area (Å²) in [5.74, 6) is -0.658. The minimum absolute atomic E-state index is 0.0131. The number of sulfonamides is 1. The molecule has 0 heterocycles. The summed E-state index contributed by atoms with van der Waals surface area (Å²) >= 11 is 6.15. The first-order chi connectivity index (χ1) is 19.7. The fourth-order valence-corrected chi connectivity index (χ4v) is 5.68. The third kappa shape index (κ3) is 8.49. The van der Waals surface area contributed by atoms with Crippen LogP contribution in [0.1, 0.15) is 18.1 Å². The van der Waals surface area contributed by atoms with Crippen molar-refractivity contribution in [2.45, 2.75) is 43.0 Å². The van der Waals surface area contributed by atoms with Gasteiger partial charge in [-0.25, -0.2) is 8.42 Å². The lowest BCUT2D eigenvalue weighted by molar-refractivity contribution is -0.124. The molecule has 0 aromatic heterocycles. The van der Waals surface area contributed by atoms with E-state index in [0.29, 0.717) is 10.6 Å². The second kappa shape index (κ2) is 14.1. The maximum absolute atomic E-state index is 13.5. The zero-order chi connectivity index (χ0) is 29.2. The van der Waals surface area contributed by atoms with E-state index in [9.17, 15) is 18.5 Å². The van der Waals surface area contributed by atoms with Crippen molar-refractivity contribution in [2.75, 3.05) is 0 Å². The second-order valence-corrected chi connectivity index (χ2v) is 11.7. The molecule has 41 heavy (non-hydrogen) atoms. The highest BCUT2D eigenvalue weighted by Crippen LogP contribution is 2.23. The van der Waals surface area contributed by atoms with Crippen LogP contribution < -0.4 is 10.0 Å². The van der Waals surface area contributed by atoms with E-state index < -0.39 is 34.1 Å². The van der Waals surface area contributed by atoms with Gasteiger partial charge in [0.1, 0.15) is 12.1 Å². The van der Waals surface area contributed by atoms with E-state index in [-0.39, 0.29) is 17.9 Å². The van der Waals surface area contributed by atoms with E-state index in [1.807, 2.05) is 66.7 Å². The molecule has 0 saturated heterocycles. The molecule has 4 rings (SSSR count). The molecule has 0 spiro atoms. The molecule has 2 N–H and O–H groups in total. The molecular weight excluding hydrogens is 558 g/mol. The first-order valence-corrected chi connectivity index (χ1v) is 14.9. The van der Waals surface area contributed by atoms with Crippen LogP contribution in [-0.4, -0.2) is 32.5 Å². The Bertz CT molecular complexity index is 1610. The Morgan fingerprint density at radius 2 is 1.51 bits per heavy atom. The van der Waals surface area contributed by atoms with Crippen LogP contribution in [0.25, 0.3) is 11.1 Å².